The zero-order valence-corrected chi connectivity index (χ0v) is 15.5. The maximum Gasteiger partial charge on any atom is 0.123 e. The summed E-state index contributed by atoms with van der Waals surface area (Å²) in [4.78, 5) is 0. The third kappa shape index (κ3) is 3.19. The lowest BCUT2D eigenvalue weighted by atomic mass is 10.0. The Morgan fingerprint density at radius 2 is 1.65 bits per heavy atom. The molecule has 130 valence electrons. The van der Waals surface area contributed by atoms with Crippen LogP contribution in [0, 0.1) is 44.8 Å². The Morgan fingerprint density at radius 3 is 2.27 bits per heavy atom. The van der Waals surface area contributed by atoms with Crippen LogP contribution < -0.4 is 0 Å². The molecule has 1 aromatic heterocycles. The minimum Gasteiger partial charge on any atom is -0.317 e. The lowest BCUT2D eigenvalue weighted by Crippen LogP contribution is -2.03. The molecule has 0 spiro atoms. The van der Waals surface area contributed by atoms with Crippen molar-refractivity contribution < 1.29 is 4.39 Å². The van der Waals surface area contributed by atoms with E-state index in [-0.39, 0.29) is 5.82 Å². The molecule has 3 heteroatoms. The summed E-state index contributed by atoms with van der Waals surface area (Å²) in [5.41, 5.74) is 7.74. The number of aryl methyl sites for hydroxylation is 3. The van der Waals surface area contributed by atoms with Crippen molar-refractivity contribution in [3.8, 4) is 11.8 Å². The first kappa shape index (κ1) is 17.7. The van der Waals surface area contributed by atoms with Gasteiger partial charge in [-0.05, 0) is 74.2 Å². The van der Waals surface area contributed by atoms with E-state index in [4.69, 9.17) is 0 Å². The van der Waals surface area contributed by atoms with Crippen molar-refractivity contribution >= 4 is 11.6 Å². The quantitative estimate of drug-likeness (QED) is 0.543. The van der Waals surface area contributed by atoms with Crippen LogP contribution in [-0.4, -0.2) is 4.57 Å². The molecule has 0 radical (unpaired) electrons. The average molecular weight is 344 g/mol. The smallest absolute Gasteiger partial charge is 0.123 e. The molecule has 1 heterocycles. The average Bonchev–Trinajstić information content (AvgIpc) is 2.87. The van der Waals surface area contributed by atoms with Gasteiger partial charge in [-0.3, -0.25) is 0 Å². The van der Waals surface area contributed by atoms with Crippen molar-refractivity contribution in [1.82, 2.24) is 4.57 Å². The van der Waals surface area contributed by atoms with Gasteiger partial charge in [0.25, 0.3) is 0 Å². The third-order valence-electron chi connectivity index (χ3n) is 4.69. The Morgan fingerprint density at radius 1 is 1.00 bits per heavy atom. The number of nitriles is 1. The van der Waals surface area contributed by atoms with Crippen molar-refractivity contribution in [2.45, 2.75) is 27.7 Å². The van der Waals surface area contributed by atoms with E-state index >= 15 is 0 Å². The lowest BCUT2D eigenvalue weighted by Gasteiger charge is -2.15. The summed E-state index contributed by atoms with van der Waals surface area (Å²) >= 11 is 0. The number of rotatable bonds is 3. The zero-order chi connectivity index (χ0) is 18.8. The second-order valence-corrected chi connectivity index (χ2v) is 6.58. The standard InChI is InChI=1S/C23H21FN2/c1-15-7-5-8-16(2)23(15)26-17(3)11-20(18(26)4)12-21(14-25)19-9-6-10-22(24)13-19/h5-13H,1-4H3/b21-12-. The predicted molar refractivity (Wildman–Crippen MR) is 105 cm³/mol. The Balaban J connectivity index is 2.15. The van der Waals surface area contributed by atoms with Gasteiger partial charge in [-0.1, -0.05) is 30.3 Å². The monoisotopic (exact) mass is 344 g/mol. The third-order valence-corrected chi connectivity index (χ3v) is 4.69. The van der Waals surface area contributed by atoms with Crippen LogP contribution in [0.15, 0.2) is 48.5 Å². The molecule has 0 aliphatic carbocycles. The topological polar surface area (TPSA) is 28.7 Å². The van der Waals surface area contributed by atoms with Crippen molar-refractivity contribution in [3.63, 3.8) is 0 Å². The SMILES string of the molecule is Cc1cccc(C)c1-n1c(C)cc(/C=C(/C#N)c2cccc(F)c2)c1C. The molecule has 2 aromatic carbocycles. The van der Waals surface area contributed by atoms with Gasteiger partial charge in [0.1, 0.15) is 5.82 Å². The van der Waals surface area contributed by atoms with E-state index in [0.717, 1.165) is 17.0 Å². The van der Waals surface area contributed by atoms with Gasteiger partial charge in [-0.15, -0.1) is 0 Å². The number of aromatic nitrogens is 1. The molecule has 3 aromatic rings. The Hall–Kier alpha value is -3.12. The van der Waals surface area contributed by atoms with E-state index in [1.54, 1.807) is 12.1 Å². The van der Waals surface area contributed by atoms with Crippen LogP contribution in [-0.2, 0) is 0 Å². The van der Waals surface area contributed by atoms with Crippen LogP contribution in [0.4, 0.5) is 4.39 Å². The minimum atomic E-state index is -0.343. The molecular weight excluding hydrogens is 323 g/mol. The van der Waals surface area contributed by atoms with Crippen molar-refractivity contribution in [1.29, 1.82) is 5.26 Å². The van der Waals surface area contributed by atoms with Crippen LogP contribution in [0.25, 0.3) is 17.3 Å². The summed E-state index contributed by atoms with van der Waals surface area (Å²) < 4.78 is 15.7. The minimum absolute atomic E-state index is 0.343. The molecule has 2 nitrogen and oxygen atoms in total. The molecule has 26 heavy (non-hydrogen) atoms. The summed E-state index contributed by atoms with van der Waals surface area (Å²) in [5, 5.41) is 9.56. The van der Waals surface area contributed by atoms with E-state index in [2.05, 4.69) is 55.7 Å². The van der Waals surface area contributed by atoms with Crippen LogP contribution in [0.3, 0.4) is 0 Å². The fourth-order valence-electron chi connectivity index (χ4n) is 3.43. The second-order valence-electron chi connectivity index (χ2n) is 6.58. The molecule has 0 fully saturated rings. The Labute approximate surface area is 153 Å². The molecule has 0 amide bonds. The zero-order valence-electron chi connectivity index (χ0n) is 15.5. The molecular formula is C23H21FN2. The Kier molecular flexibility index (Phi) is 4.77. The van der Waals surface area contributed by atoms with E-state index in [1.165, 1.54) is 28.9 Å². The second kappa shape index (κ2) is 7.01. The number of nitrogens with zero attached hydrogens (tertiary/aromatic N) is 2. The fourth-order valence-corrected chi connectivity index (χ4v) is 3.43. The highest BCUT2D eigenvalue weighted by atomic mass is 19.1. The molecule has 0 atom stereocenters. The molecule has 0 aliphatic rings. The largest absolute Gasteiger partial charge is 0.317 e. The number of hydrogen-bond acceptors (Lipinski definition) is 1. The van der Waals surface area contributed by atoms with Gasteiger partial charge in [-0.2, -0.15) is 5.26 Å². The number of halogens is 1. The van der Waals surface area contributed by atoms with Gasteiger partial charge in [0.2, 0.25) is 0 Å². The van der Waals surface area contributed by atoms with Gasteiger partial charge < -0.3 is 4.57 Å². The van der Waals surface area contributed by atoms with Gasteiger partial charge in [0.15, 0.2) is 0 Å². The summed E-state index contributed by atoms with van der Waals surface area (Å²) in [6.45, 7) is 8.31. The van der Waals surface area contributed by atoms with E-state index in [9.17, 15) is 9.65 Å². The number of allylic oxidation sites excluding steroid dienone is 1. The van der Waals surface area contributed by atoms with Crippen LogP contribution in [0.1, 0.15) is 33.6 Å². The summed E-state index contributed by atoms with van der Waals surface area (Å²) in [6.07, 6.45) is 1.83. The molecule has 0 bridgehead atoms. The maximum absolute atomic E-state index is 13.5. The van der Waals surface area contributed by atoms with Gasteiger partial charge in [-0.25, -0.2) is 4.39 Å². The van der Waals surface area contributed by atoms with Crippen molar-refractivity contribution in [3.05, 3.63) is 88.0 Å². The van der Waals surface area contributed by atoms with Crippen LogP contribution in [0.2, 0.25) is 0 Å². The van der Waals surface area contributed by atoms with Crippen molar-refractivity contribution in [2.24, 2.45) is 0 Å². The highest BCUT2D eigenvalue weighted by molar-refractivity contribution is 5.90. The van der Waals surface area contributed by atoms with E-state index in [1.807, 2.05) is 13.0 Å². The Bertz CT molecular complexity index is 1030. The molecule has 3 rings (SSSR count). The number of para-hydroxylation sites is 1. The van der Waals surface area contributed by atoms with Gasteiger partial charge in [0.05, 0.1) is 17.3 Å². The first-order chi connectivity index (χ1) is 12.4. The summed E-state index contributed by atoms with van der Waals surface area (Å²) in [7, 11) is 0. The summed E-state index contributed by atoms with van der Waals surface area (Å²) in [5.74, 6) is -0.343. The van der Waals surface area contributed by atoms with Crippen LogP contribution >= 0.6 is 0 Å². The first-order valence-corrected chi connectivity index (χ1v) is 8.55. The predicted octanol–water partition coefficient (Wildman–Crippen LogP) is 5.91. The number of hydrogen-bond donors (Lipinski definition) is 0. The molecule has 0 saturated heterocycles. The highest BCUT2D eigenvalue weighted by Crippen LogP contribution is 2.28. The normalized spacial score (nSPS) is 11.5. The van der Waals surface area contributed by atoms with Gasteiger partial charge >= 0.3 is 0 Å². The van der Waals surface area contributed by atoms with Crippen molar-refractivity contribution in [2.75, 3.05) is 0 Å². The summed E-state index contributed by atoms with van der Waals surface area (Å²) in [6, 6.07) is 16.7. The maximum atomic E-state index is 13.5. The molecule has 0 unspecified atom stereocenters. The highest BCUT2D eigenvalue weighted by Gasteiger charge is 2.14. The molecule has 0 saturated carbocycles. The number of benzene rings is 2. The molecule has 0 N–H and O–H groups in total. The molecule has 0 aliphatic heterocycles. The first-order valence-electron chi connectivity index (χ1n) is 8.55. The van der Waals surface area contributed by atoms with E-state index < -0.39 is 0 Å². The van der Waals surface area contributed by atoms with Crippen LogP contribution in [0.5, 0.6) is 0 Å². The van der Waals surface area contributed by atoms with Gasteiger partial charge in [0, 0.05) is 11.4 Å². The van der Waals surface area contributed by atoms with E-state index in [0.29, 0.717) is 11.1 Å². The fraction of sp³-hybridized carbons (Fsp3) is 0.174. The lowest BCUT2D eigenvalue weighted by molar-refractivity contribution is 0.627.